The summed E-state index contributed by atoms with van der Waals surface area (Å²) in [5.74, 6) is 0. The Bertz CT molecular complexity index is 2630. The maximum Gasteiger partial charge on any atom is 0.187 e. The van der Waals surface area contributed by atoms with E-state index >= 15 is 0 Å². The molecule has 9 aromatic rings. The van der Waals surface area contributed by atoms with Crippen molar-refractivity contribution in [3.05, 3.63) is 151 Å². The minimum atomic E-state index is 0.683. The SMILES string of the molecule is [C-]#[N+]c1ccc2sc3ccc(-c4cc5c6ccccc6c(-c6cccc7ccccc67)cc5c5ccccc45)cc3c2c1. The molecule has 1 aromatic heterocycles. The van der Waals surface area contributed by atoms with Crippen LogP contribution in [-0.4, -0.2) is 0 Å². The van der Waals surface area contributed by atoms with Crippen LogP contribution in [0.2, 0.25) is 0 Å². The van der Waals surface area contributed by atoms with Crippen molar-refractivity contribution >= 4 is 80.3 Å². The minimum absolute atomic E-state index is 0.683. The minimum Gasteiger partial charge on any atom is -0.238 e. The molecule has 0 fully saturated rings. The maximum atomic E-state index is 7.53. The molecule has 0 aliphatic rings. The number of hydrogen-bond donors (Lipinski definition) is 0. The van der Waals surface area contributed by atoms with E-state index < -0.39 is 0 Å². The van der Waals surface area contributed by atoms with E-state index in [1.54, 1.807) is 11.3 Å². The summed E-state index contributed by atoms with van der Waals surface area (Å²) >= 11 is 1.79. The molecule has 0 saturated heterocycles. The number of nitrogens with zero attached hydrogens (tertiary/aromatic N) is 1. The average molecular weight is 562 g/mol. The number of fused-ring (bicyclic) bond motifs is 9. The summed E-state index contributed by atoms with van der Waals surface area (Å²) in [7, 11) is 0. The van der Waals surface area contributed by atoms with E-state index in [0.29, 0.717) is 5.69 Å². The highest BCUT2D eigenvalue weighted by Gasteiger charge is 2.16. The molecule has 198 valence electrons. The predicted molar refractivity (Wildman–Crippen MR) is 186 cm³/mol. The standard InChI is InChI=1S/C41H23NS/c1-42-27-18-20-41-39(22-27)38-21-26(17-19-40(38)43-41)34-23-36-33-15-7-6-14-32(33)35(24-37(36)31-13-5-4-12-30(31)34)29-16-8-10-25-9-2-3-11-28(25)29/h2-24H. The number of hydrogen-bond acceptors (Lipinski definition) is 1. The van der Waals surface area contributed by atoms with Crippen LogP contribution in [0.4, 0.5) is 5.69 Å². The van der Waals surface area contributed by atoms with Gasteiger partial charge >= 0.3 is 0 Å². The second-order valence-electron chi connectivity index (χ2n) is 11.2. The monoisotopic (exact) mass is 561 g/mol. The van der Waals surface area contributed by atoms with E-state index in [0.717, 1.165) is 5.39 Å². The number of rotatable bonds is 2. The fourth-order valence-electron chi connectivity index (χ4n) is 6.88. The number of thiophene rings is 1. The molecule has 0 amide bonds. The van der Waals surface area contributed by atoms with Gasteiger partial charge in [-0.15, -0.1) is 11.3 Å². The fourth-order valence-corrected chi connectivity index (χ4v) is 7.94. The van der Waals surface area contributed by atoms with Gasteiger partial charge in [0.2, 0.25) is 0 Å². The van der Waals surface area contributed by atoms with Gasteiger partial charge in [0.1, 0.15) is 0 Å². The lowest BCUT2D eigenvalue weighted by Gasteiger charge is -2.17. The molecule has 1 nitrogen and oxygen atoms in total. The van der Waals surface area contributed by atoms with Gasteiger partial charge in [0, 0.05) is 9.40 Å². The zero-order valence-corrected chi connectivity index (χ0v) is 24.0. The molecule has 0 N–H and O–H groups in total. The van der Waals surface area contributed by atoms with Gasteiger partial charge in [0.15, 0.2) is 5.69 Å². The smallest absolute Gasteiger partial charge is 0.187 e. The summed E-state index contributed by atoms with van der Waals surface area (Å²) in [6, 6.07) is 50.6. The molecule has 8 aromatic carbocycles. The van der Waals surface area contributed by atoms with Crippen LogP contribution >= 0.6 is 11.3 Å². The highest BCUT2D eigenvalue weighted by Crippen LogP contribution is 2.44. The first-order chi connectivity index (χ1) is 21.3. The van der Waals surface area contributed by atoms with Gasteiger partial charge in [-0.3, -0.25) is 0 Å². The van der Waals surface area contributed by atoms with Crippen molar-refractivity contribution in [2.24, 2.45) is 0 Å². The maximum absolute atomic E-state index is 7.53. The first kappa shape index (κ1) is 24.1. The zero-order chi connectivity index (χ0) is 28.5. The summed E-state index contributed by atoms with van der Waals surface area (Å²) in [5.41, 5.74) is 5.63. The molecule has 0 saturated carbocycles. The Kier molecular flexibility index (Phi) is 5.20. The molecule has 0 aliphatic heterocycles. The van der Waals surface area contributed by atoms with Gasteiger partial charge in [-0.05, 0) is 106 Å². The topological polar surface area (TPSA) is 4.36 Å². The van der Waals surface area contributed by atoms with Crippen molar-refractivity contribution in [2.45, 2.75) is 0 Å². The van der Waals surface area contributed by atoms with Crippen LogP contribution in [0.3, 0.4) is 0 Å². The first-order valence-electron chi connectivity index (χ1n) is 14.5. The summed E-state index contributed by atoms with van der Waals surface area (Å²) in [5, 5.41) is 12.5. The van der Waals surface area contributed by atoms with Crippen molar-refractivity contribution in [2.75, 3.05) is 0 Å². The Balaban J connectivity index is 1.38. The molecule has 0 unspecified atom stereocenters. The highest BCUT2D eigenvalue weighted by atomic mass is 32.1. The quantitative estimate of drug-likeness (QED) is 0.146. The van der Waals surface area contributed by atoms with E-state index in [9.17, 15) is 0 Å². The molecule has 43 heavy (non-hydrogen) atoms. The van der Waals surface area contributed by atoms with Crippen molar-refractivity contribution in [3.63, 3.8) is 0 Å². The van der Waals surface area contributed by atoms with Gasteiger partial charge in [0.25, 0.3) is 0 Å². The largest absolute Gasteiger partial charge is 0.238 e. The van der Waals surface area contributed by atoms with E-state index in [2.05, 4.69) is 132 Å². The fraction of sp³-hybridized carbons (Fsp3) is 0. The van der Waals surface area contributed by atoms with E-state index in [4.69, 9.17) is 6.57 Å². The second-order valence-corrected chi connectivity index (χ2v) is 12.3. The third-order valence-electron chi connectivity index (χ3n) is 8.86. The molecule has 0 atom stereocenters. The summed E-state index contributed by atoms with van der Waals surface area (Å²) in [4.78, 5) is 3.69. The lowest BCUT2D eigenvalue weighted by atomic mass is 9.86. The summed E-state index contributed by atoms with van der Waals surface area (Å²) in [6.07, 6.45) is 0. The summed E-state index contributed by atoms with van der Waals surface area (Å²) < 4.78 is 2.46. The summed E-state index contributed by atoms with van der Waals surface area (Å²) in [6.45, 7) is 7.53. The predicted octanol–water partition coefficient (Wildman–Crippen LogP) is 12.6. The van der Waals surface area contributed by atoms with Crippen LogP contribution in [0.1, 0.15) is 0 Å². The highest BCUT2D eigenvalue weighted by molar-refractivity contribution is 7.25. The van der Waals surface area contributed by atoms with Crippen LogP contribution in [0.25, 0.3) is 90.4 Å². The van der Waals surface area contributed by atoms with E-state index in [-0.39, 0.29) is 0 Å². The molecule has 2 heteroatoms. The van der Waals surface area contributed by atoms with Crippen molar-refractivity contribution in [1.29, 1.82) is 0 Å². The van der Waals surface area contributed by atoms with Crippen molar-refractivity contribution in [3.8, 4) is 22.3 Å². The van der Waals surface area contributed by atoms with Crippen LogP contribution < -0.4 is 0 Å². The molecular weight excluding hydrogens is 539 g/mol. The van der Waals surface area contributed by atoms with Crippen LogP contribution in [0, 0.1) is 6.57 Å². The molecule has 9 rings (SSSR count). The average Bonchev–Trinajstić information content (AvgIpc) is 3.44. The second kappa shape index (κ2) is 9.26. The van der Waals surface area contributed by atoms with Crippen molar-refractivity contribution < 1.29 is 0 Å². The molecule has 0 bridgehead atoms. The van der Waals surface area contributed by atoms with Gasteiger partial charge in [0.05, 0.1) is 6.57 Å². The third-order valence-corrected chi connectivity index (χ3v) is 10.0. The third kappa shape index (κ3) is 3.63. The molecule has 0 radical (unpaired) electrons. The lowest BCUT2D eigenvalue weighted by molar-refractivity contribution is 1.70. The van der Waals surface area contributed by atoms with E-state index in [1.807, 2.05) is 12.1 Å². The normalized spacial score (nSPS) is 11.7. The van der Waals surface area contributed by atoms with Gasteiger partial charge in [-0.25, -0.2) is 4.85 Å². The Labute approximate surface area is 252 Å². The first-order valence-corrected chi connectivity index (χ1v) is 15.3. The van der Waals surface area contributed by atoms with Crippen LogP contribution in [0.5, 0.6) is 0 Å². The van der Waals surface area contributed by atoms with Crippen LogP contribution in [-0.2, 0) is 0 Å². The number of benzene rings is 8. The zero-order valence-electron chi connectivity index (χ0n) is 23.1. The lowest BCUT2D eigenvalue weighted by Crippen LogP contribution is -1.89. The van der Waals surface area contributed by atoms with E-state index in [1.165, 1.54) is 80.1 Å². The van der Waals surface area contributed by atoms with Crippen molar-refractivity contribution in [1.82, 2.24) is 0 Å². The molecular formula is C41H23NS. The van der Waals surface area contributed by atoms with Gasteiger partial charge in [-0.1, -0.05) is 109 Å². The Morgan fingerprint density at radius 1 is 0.395 bits per heavy atom. The van der Waals surface area contributed by atoms with Gasteiger partial charge in [-0.2, -0.15) is 0 Å². The Hall–Kier alpha value is -5.49. The molecule has 0 aliphatic carbocycles. The Morgan fingerprint density at radius 2 is 0.977 bits per heavy atom. The Morgan fingerprint density at radius 3 is 1.72 bits per heavy atom. The molecule has 1 heterocycles. The molecule has 0 spiro atoms. The van der Waals surface area contributed by atoms with Gasteiger partial charge < -0.3 is 0 Å². The van der Waals surface area contributed by atoms with Crippen LogP contribution in [0.15, 0.2) is 140 Å².